The minimum Gasteiger partial charge on any atom is -0.491 e. The monoisotopic (exact) mass is 851 g/mol. The molecule has 0 bridgehead atoms. The Morgan fingerprint density at radius 3 is 0.935 bits per heavy atom. The third-order valence-electron chi connectivity index (χ3n) is 13.2. The van der Waals surface area contributed by atoms with Crippen LogP contribution in [0.3, 0.4) is 0 Å². The smallest absolute Gasteiger partial charge is 0.119 e. The van der Waals surface area contributed by atoms with Crippen LogP contribution < -0.4 is 9.47 Å². The Labute approximate surface area is 376 Å². The van der Waals surface area contributed by atoms with Gasteiger partial charge in [0, 0.05) is 36.5 Å². The highest BCUT2D eigenvalue weighted by molar-refractivity contribution is 5.83. The van der Waals surface area contributed by atoms with Gasteiger partial charge in [-0.2, -0.15) is 0 Å². The predicted octanol–water partition coefficient (Wildman–Crippen LogP) is 8.71. The third kappa shape index (κ3) is 11.7. The van der Waals surface area contributed by atoms with E-state index in [1.54, 1.807) is 0 Å². The van der Waals surface area contributed by atoms with Crippen molar-refractivity contribution in [3.63, 3.8) is 0 Å². The first-order valence-corrected chi connectivity index (χ1v) is 23.1. The minimum atomic E-state index is -0.0577. The standard InChI is InChI=1S/C54H82N4O4/c1-41-15-19-45-47-21-17-43(39-51(47)53(49(45)37-41,23-27-55(3,4)5)24-28-56(6,7)8)61-35-33-59-31-32-60-34-36-62-44-18-22-48-46-20-16-42(2)38-50(46)54(52(48)40-44,25-29-57(9,10)11)26-30-58(12,13)14/h15-22,37-40H,23-36H2,1-14H3/q+4. The van der Waals surface area contributed by atoms with E-state index in [1.165, 1.54) is 55.6 Å². The first-order valence-electron chi connectivity index (χ1n) is 23.1. The lowest BCUT2D eigenvalue weighted by molar-refractivity contribution is -0.873. The maximum atomic E-state index is 6.37. The molecule has 2 aliphatic rings. The van der Waals surface area contributed by atoms with Crippen molar-refractivity contribution in [2.45, 2.75) is 50.4 Å². The topological polar surface area (TPSA) is 36.9 Å². The predicted molar refractivity (Wildman–Crippen MR) is 257 cm³/mol. The fourth-order valence-electron chi connectivity index (χ4n) is 9.55. The lowest BCUT2D eigenvalue weighted by Gasteiger charge is -2.37. The number of aryl methyl sites for hydroxylation is 2. The molecule has 0 aliphatic heterocycles. The average Bonchev–Trinajstić information content (AvgIpc) is 3.59. The molecule has 6 rings (SSSR count). The van der Waals surface area contributed by atoms with Crippen molar-refractivity contribution < 1.29 is 36.9 Å². The second-order valence-electron chi connectivity index (χ2n) is 22.7. The van der Waals surface area contributed by atoms with Crippen LogP contribution in [0.1, 0.15) is 59.1 Å². The van der Waals surface area contributed by atoms with E-state index in [-0.39, 0.29) is 10.8 Å². The van der Waals surface area contributed by atoms with Gasteiger partial charge in [0.05, 0.1) is 137 Å². The number of hydrogen-bond donors (Lipinski definition) is 0. The molecule has 0 fully saturated rings. The first kappa shape index (κ1) is 47.7. The summed E-state index contributed by atoms with van der Waals surface area (Å²) in [7, 11) is 27.7. The molecule has 0 heterocycles. The Hall–Kier alpha value is -3.76. The maximum absolute atomic E-state index is 6.37. The van der Waals surface area contributed by atoms with E-state index in [0.717, 1.165) is 81.3 Å². The van der Waals surface area contributed by atoms with Crippen molar-refractivity contribution in [2.75, 3.05) is 150 Å². The summed E-state index contributed by atoms with van der Waals surface area (Å²) in [6.45, 7) is 11.8. The molecule has 0 saturated carbocycles. The van der Waals surface area contributed by atoms with E-state index < -0.39 is 0 Å². The highest BCUT2D eigenvalue weighted by Gasteiger charge is 2.47. The lowest BCUT2D eigenvalue weighted by Crippen LogP contribution is -2.43. The number of fused-ring (bicyclic) bond motifs is 6. The van der Waals surface area contributed by atoms with Crippen LogP contribution in [0.4, 0.5) is 0 Å². The van der Waals surface area contributed by atoms with E-state index in [4.69, 9.17) is 18.9 Å². The van der Waals surface area contributed by atoms with E-state index in [2.05, 4.69) is 171 Å². The molecule has 4 aromatic carbocycles. The molecule has 2 aliphatic carbocycles. The van der Waals surface area contributed by atoms with Crippen LogP contribution in [-0.4, -0.2) is 168 Å². The zero-order valence-electron chi connectivity index (χ0n) is 41.2. The molecule has 8 heteroatoms. The molecular weight excluding hydrogens is 769 g/mol. The van der Waals surface area contributed by atoms with Gasteiger partial charge >= 0.3 is 0 Å². The Morgan fingerprint density at radius 1 is 0.355 bits per heavy atom. The molecular formula is C54H82N4O4+4. The number of benzene rings is 4. The van der Waals surface area contributed by atoms with Crippen molar-refractivity contribution in [3.05, 3.63) is 106 Å². The largest absolute Gasteiger partial charge is 0.491 e. The van der Waals surface area contributed by atoms with E-state index in [9.17, 15) is 0 Å². The number of hydrogen-bond acceptors (Lipinski definition) is 4. The summed E-state index contributed by atoms with van der Waals surface area (Å²) in [5, 5.41) is 0. The molecule has 4 aromatic rings. The molecule has 0 unspecified atom stereocenters. The maximum Gasteiger partial charge on any atom is 0.119 e. The molecule has 8 nitrogen and oxygen atoms in total. The van der Waals surface area contributed by atoms with Crippen LogP contribution in [0.2, 0.25) is 0 Å². The molecule has 0 N–H and O–H groups in total. The quantitative estimate of drug-likeness (QED) is 0.0554. The van der Waals surface area contributed by atoms with Gasteiger partial charge in [-0.3, -0.25) is 0 Å². The molecule has 0 saturated heterocycles. The van der Waals surface area contributed by atoms with Crippen LogP contribution in [0, 0.1) is 13.8 Å². The minimum absolute atomic E-state index is 0.0577. The molecule has 0 radical (unpaired) electrons. The van der Waals surface area contributed by atoms with Crippen LogP contribution in [0.15, 0.2) is 72.8 Å². The number of quaternary nitrogens is 4. The van der Waals surface area contributed by atoms with Crippen LogP contribution in [0.25, 0.3) is 22.3 Å². The summed E-state index contributed by atoms with van der Waals surface area (Å²) in [6.07, 6.45) is 4.37. The number of ether oxygens (including phenoxy) is 4. The summed E-state index contributed by atoms with van der Waals surface area (Å²) < 4.78 is 28.5. The molecule has 0 amide bonds. The number of nitrogens with zero attached hydrogens (tertiary/aromatic N) is 4. The highest BCUT2D eigenvalue weighted by atomic mass is 16.6. The Balaban J connectivity index is 1.02. The van der Waals surface area contributed by atoms with Gasteiger partial charge in [-0.15, -0.1) is 0 Å². The normalized spacial score (nSPS) is 15.3. The summed E-state index contributed by atoms with van der Waals surface area (Å²) >= 11 is 0. The van der Waals surface area contributed by atoms with Crippen molar-refractivity contribution in [1.82, 2.24) is 0 Å². The molecule has 0 atom stereocenters. The van der Waals surface area contributed by atoms with E-state index in [0.29, 0.717) is 39.6 Å². The van der Waals surface area contributed by atoms with Gasteiger partial charge in [0.2, 0.25) is 0 Å². The summed E-state index contributed by atoms with van der Waals surface area (Å²) in [6, 6.07) is 27.6. The van der Waals surface area contributed by atoms with Gasteiger partial charge in [0.1, 0.15) is 24.7 Å². The number of rotatable bonds is 23. The second kappa shape index (κ2) is 18.8. The van der Waals surface area contributed by atoms with Crippen LogP contribution >= 0.6 is 0 Å². The fourth-order valence-corrected chi connectivity index (χ4v) is 9.55. The van der Waals surface area contributed by atoms with Crippen LogP contribution in [0.5, 0.6) is 11.5 Å². The lowest BCUT2D eigenvalue weighted by atomic mass is 9.72. The first-order chi connectivity index (χ1) is 29.0. The molecule has 0 aromatic heterocycles. The van der Waals surface area contributed by atoms with Crippen molar-refractivity contribution >= 4 is 0 Å². The van der Waals surface area contributed by atoms with Gasteiger partial charge in [0.15, 0.2) is 0 Å². The van der Waals surface area contributed by atoms with E-state index in [1.807, 2.05) is 0 Å². The SMILES string of the molecule is Cc1ccc2c(c1)C(CC[N+](C)(C)C)(CC[N+](C)(C)C)c1cc(OCCOCCOCCOc3ccc4c(c3)C(CC[N+](C)(C)C)(CC[N+](C)(C)C)c3cc(C)ccc3-4)ccc1-2. The fraction of sp³-hybridized carbons (Fsp3) is 0.556. The highest BCUT2D eigenvalue weighted by Crippen LogP contribution is 2.55. The summed E-state index contributed by atoms with van der Waals surface area (Å²) in [4.78, 5) is 0. The van der Waals surface area contributed by atoms with Gasteiger partial charge in [-0.05, 0) is 82.6 Å². The average molecular weight is 851 g/mol. The van der Waals surface area contributed by atoms with Gasteiger partial charge in [-0.1, -0.05) is 59.7 Å². The molecule has 0 spiro atoms. The Kier molecular flexibility index (Phi) is 14.4. The van der Waals surface area contributed by atoms with Crippen molar-refractivity contribution in [3.8, 4) is 33.8 Å². The zero-order chi connectivity index (χ0) is 45.1. The van der Waals surface area contributed by atoms with Crippen molar-refractivity contribution in [2.24, 2.45) is 0 Å². The second-order valence-corrected chi connectivity index (χ2v) is 22.7. The van der Waals surface area contributed by atoms with E-state index >= 15 is 0 Å². The zero-order valence-corrected chi connectivity index (χ0v) is 41.2. The van der Waals surface area contributed by atoms with Crippen molar-refractivity contribution in [1.29, 1.82) is 0 Å². The molecule has 62 heavy (non-hydrogen) atoms. The van der Waals surface area contributed by atoms with Crippen LogP contribution in [-0.2, 0) is 20.3 Å². The van der Waals surface area contributed by atoms with Gasteiger partial charge < -0.3 is 36.9 Å². The van der Waals surface area contributed by atoms with Gasteiger partial charge in [-0.25, -0.2) is 0 Å². The third-order valence-corrected chi connectivity index (χ3v) is 13.2. The summed E-state index contributed by atoms with van der Waals surface area (Å²) in [5.41, 5.74) is 13.8. The molecule has 338 valence electrons. The Bertz CT molecular complexity index is 1960. The summed E-state index contributed by atoms with van der Waals surface area (Å²) in [5.74, 6) is 1.82. The Morgan fingerprint density at radius 2 is 0.629 bits per heavy atom. The van der Waals surface area contributed by atoms with Gasteiger partial charge in [0.25, 0.3) is 0 Å².